The molecule has 0 spiro atoms. The zero-order chi connectivity index (χ0) is 19.1. The summed E-state index contributed by atoms with van der Waals surface area (Å²) in [5.74, 6) is -0.465. The van der Waals surface area contributed by atoms with Crippen molar-refractivity contribution in [2.24, 2.45) is 0 Å². The van der Waals surface area contributed by atoms with E-state index in [1.54, 1.807) is 13.0 Å². The van der Waals surface area contributed by atoms with Crippen molar-refractivity contribution in [1.29, 1.82) is 0 Å². The van der Waals surface area contributed by atoms with E-state index in [1.807, 2.05) is 35.8 Å². The highest BCUT2D eigenvalue weighted by atomic mass is 19.4. The molecule has 0 amide bonds. The molecule has 7 heteroatoms. The molecule has 0 bridgehead atoms. The van der Waals surface area contributed by atoms with Crippen LogP contribution in [0.15, 0.2) is 48.2 Å². The van der Waals surface area contributed by atoms with Crippen LogP contribution in [-0.2, 0) is 4.74 Å². The molecule has 26 heavy (non-hydrogen) atoms. The maximum Gasteiger partial charge on any atom is 0.412 e. The molecule has 3 rings (SSSR count). The Bertz CT molecular complexity index is 909. The second-order valence-corrected chi connectivity index (χ2v) is 6.20. The number of dihydropyridines is 1. The summed E-state index contributed by atoms with van der Waals surface area (Å²) in [6, 6.07) is 5.18. The van der Waals surface area contributed by atoms with Gasteiger partial charge in [-0.3, -0.25) is 0 Å². The Morgan fingerprint density at radius 3 is 2.65 bits per heavy atom. The third-order valence-corrected chi connectivity index (χ3v) is 4.68. The second kappa shape index (κ2) is 6.55. The molecule has 0 radical (unpaired) electrons. The van der Waals surface area contributed by atoms with Crippen molar-refractivity contribution < 1.29 is 22.7 Å². The number of fused-ring (bicyclic) bond motifs is 1. The predicted molar refractivity (Wildman–Crippen MR) is 92.9 cm³/mol. The van der Waals surface area contributed by atoms with Gasteiger partial charge in [-0.2, -0.15) is 13.2 Å². The molecule has 2 unspecified atom stereocenters. The molecule has 1 N–H and O–H groups in total. The zero-order valence-corrected chi connectivity index (χ0v) is 14.6. The molecule has 2 aromatic rings. The van der Waals surface area contributed by atoms with Crippen molar-refractivity contribution in [3.8, 4) is 0 Å². The van der Waals surface area contributed by atoms with Gasteiger partial charge >= 0.3 is 12.1 Å². The fraction of sp³-hybridized carbons (Fsp3) is 0.316. The van der Waals surface area contributed by atoms with Crippen molar-refractivity contribution in [3.05, 3.63) is 59.4 Å². The van der Waals surface area contributed by atoms with E-state index in [1.165, 1.54) is 19.4 Å². The fourth-order valence-electron chi connectivity index (χ4n) is 3.41. The minimum atomic E-state index is -4.37. The Balaban J connectivity index is 2.14. The predicted octanol–water partition coefficient (Wildman–Crippen LogP) is 4.27. The normalized spacial score (nSPS) is 18.4. The molecule has 0 aliphatic carbocycles. The number of halogens is 3. The first-order valence-corrected chi connectivity index (χ1v) is 8.14. The number of methoxy groups -OCH3 is 1. The molecular formula is C19H19F3N2O2. The molecule has 1 aliphatic heterocycles. The lowest BCUT2D eigenvalue weighted by Gasteiger charge is -2.26. The molecule has 2 atom stereocenters. The summed E-state index contributed by atoms with van der Waals surface area (Å²) < 4.78 is 45.9. The smallest absolute Gasteiger partial charge is 0.412 e. The Morgan fingerprint density at radius 1 is 1.31 bits per heavy atom. The van der Waals surface area contributed by atoms with E-state index < -0.39 is 18.2 Å². The van der Waals surface area contributed by atoms with Crippen LogP contribution in [-0.4, -0.2) is 29.9 Å². The summed E-state index contributed by atoms with van der Waals surface area (Å²) in [5, 5.41) is 3.03. The highest BCUT2D eigenvalue weighted by Gasteiger charge is 2.39. The van der Waals surface area contributed by atoms with Gasteiger partial charge in [0.15, 0.2) is 0 Å². The Labute approximate surface area is 148 Å². The summed E-state index contributed by atoms with van der Waals surface area (Å²) in [6.07, 6.45) is -0.261. The first-order chi connectivity index (χ1) is 12.3. The van der Waals surface area contributed by atoms with Gasteiger partial charge in [-0.05, 0) is 43.8 Å². The summed E-state index contributed by atoms with van der Waals surface area (Å²) in [4.78, 5) is 12.2. The first-order valence-electron chi connectivity index (χ1n) is 8.14. The molecule has 4 nitrogen and oxygen atoms in total. The number of rotatable bonds is 3. The number of nitrogens with zero attached hydrogens (tertiary/aromatic N) is 1. The molecule has 0 saturated heterocycles. The molecular weight excluding hydrogens is 345 g/mol. The van der Waals surface area contributed by atoms with Crippen LogP contribution >= 0.6 is 0 Å². The molecule has 0 saturated carbocycles. The lowest BCUT2D eigenvalue weighted by atomic mass is 10.0. The SMILES string of the molecule is COC(=O)c1c(C)n(C(C)C2=CC(C(F)(F)F)NC=C2)c2ccccc12. The van der Waals surface area contributed by atoms with E-state index in [2.05, 4.69) is 5.32 Å². The number of carbonyl (C=O) groups excluding carboxylic acids is 1. The van der Waals surface area contributed by atoms with Gasteiger partial charge in [0.25, 0.3) is 0 Å². The standard InChI is InChI=1S/C19H19F3N2O2/c1-11(13-8-9-23-16(10-13)19(20,21)22)24-12(2)17(18(25)26-3)14-6-4-5-7-15(14)24/h4-11,16,23H,1-3H3. The van der Waals surface area contributed by atoms with Crippen molar-refractivity contribution in [1.82, 2.24) is 9.88 Å². The highest BCUT2D eigenvalue weighted by Crippen LogP contribution is 2.34. The number of allylic oxidation sites excluding steroid dienone is 2. The van der Waals surface area contributed by atoms with Gasteiger partial charge in [-0.25, -0.2) is 4.79 Å². The van der Waals surface area contributed by atoms with E-state index in [0.717, 1.165) is 10.9 Å². The third kappa shape index (κ3) is 2.98. The average molecular weight is 364 g/mol. The number of hydrogen-bond donors (Lipinski definition) is 1. The first kappa shape index (κ1) is 18.1. The van der Waals surface area contributed by atoms with Crippen LogP contribution in [0.25, 0.3) is 10.9 Å². The van der Waals surface area contributed by atoms with Crippen LogP contribution in [0.3, 0.4) is 0 Å². The number of aromatic nitrogens is 1. The maximum absolute atomic E-state index is 13.1. The summed E-state index contributed by atoms with van der Waals surface area (Å²) in [5.41, 5.74) is 2.38. The number of nitrogens with one attached hydrogen (secondary N) is 1. The van der Waals surface area contributed by atoms with E-state index in [-0.39, 0.29) is 6.04 Å². The quantitative estimate of drug-likeness (QED) is 0.827. The lowest BCUT2D eigenvalue weighted by molar-refractivity contribution is -0.142. The number of para-hydroxylation sites is 1. The topological polar surface area (TPSA) is 43.3 Å². The lowest BCUT2D eigenvalue weighted by Crippen LogP contribution is -2.39. The molecule has 138 valence electrons. The number of esters is 1. The van der Waals surface area contributed by atoms with Crippen LogP contribution in [0.2, 0.25) is 0 Å². The summed E-state index contributed by atoms with van der Waals surface area (Å²) in [7, 11) is 1.31. The van der Waals surface area contributed by atoms with Crippen molar-refractivity contribution in [3.63, 3.8) is 0 Å². The van der Waals surface area contributed by atoms with Gasteiger partial charge in [0.2, 0.25) is 0 Å². The van der Waals surface area contributed by atoms with Gasteiger partial charge < -0.3 is 14.6 Å². The van der Waals surface area contributed by atoms with Crippen LogP contribution in [0, 0.1) is 6.92 Å². The number of hydrogen-bond acceptors (Lipinski definition) is 3. The van der Waals surface area contributed by atoms with Crippen molar-refractivity contribution in [2.75, 3.05) is 7.11 Å². The minimum Gasteiger partial charge on any atom is -0.465 e. The Hall–Kier alpha value is -2.70. The Kier molecular flexibility index (Phi) is 4.56. The van der Waals surface area contributed by atoms with E-state index in [4.69, 9.17) is 4.74 Å². The average Bonchev–Trinajstić information content (AvgIpc) is 2.91. The maximum atomic E-state index is 13.1. The van der Waals surface area contributed by atoms with Crippen LogP contribution in [0.1, 0.15) is 29.0 Å². The molecule has 1 aliphatic rings. The van der Waals surface area contributed by atoms with Crippen LogP contribution in [0.5, 0.6) is 0 Å². The van der Waals surface area contributed by atoms with Gasteiger partial charge in [0, 0.05) is 16.6 Å². The third-order valence-electron chi connectivity index (χ3n) is 4.68. The van der Waals surface area contributed by atoms with Crippen molar-refractivity contribution >= 4 is 16.9 Å². The highest BCUT2D eigenvalue weighted by molar-refractivity contribution is 6.06. The molecule has 0 fully saturated rings. The fourth-order valence-corrected chi connectivity index (χ4v) is 3.41. The molecule has 2 heterocycles. The zero-order valence-electron chi connectivity index (χ0n) is 14.6. The number of benzene rings is 1. The van der Waals surface area contributed by atoms with E-state index in [0.29, 0.717) is 16.8 Å². The van der Waals surface area contributed by atoms with E-state index >= 15 is 0 Å². The van der Waals surface area contributed by atoms with Gasteiger partial charge in [-0.15, -0.1) is 0 Å². The van der Waals surface area contributed by atoms with Crippen LogP contribution in [0.4, 0.5) is 13.2 Å². The minimum absolute atomic E-state index is 0.387. The monoisotopic (exact) mass is 364 g/mol. The van der Waals surface area contributed by atoms with Crippen molar-refractivity contribution in [2.45, 2.75) is 32.1 Å². The summed E-state index contributed by atoms with van der Waals surface area (Å²) in [6.45, 7) is 3.59. The number of carbonyl (C=O) groups is 1. The molecule has 1 aromatic heterocycles. The molecule has 1 aromatic carbocycles. The second-order valence-electron chi connectivity index (χ2n) is 6.20. The van der Waals surface area contributed by atoms with E-state index in [9.17, 15) is 18.0 Å². The van der Waals surface area contributed by atoms with Gasteiger partial charge in [-0.1, -0.05) is 18.2 Å². The van der Waals surface area contributed by atoms with Gasteiger partial charge in [0.05, 0.1) is 18.7 Å². The van der Waals surface area contributed by atoms with Gasteiger partial charge in [0.1, 0.15) is 6.04 Å². The Morgan fingerprint density at radius 2 is 2.00 bits per heavy atom. The number of alkyl halides is 3. The number of ether oxygens (including phenoxy) is 1. The largest absolute Gasteiger partial charge is 0.465 e. The van der Waals surface area contributed by atoms with Crippen LogP contribution < -0.4 is 5.32 Å². The summed E-state index contributed by atoms with van der Waals surface area (Å²) >= 11 is 0.